The van der Waals surface area contributed by atoms with Crippen molar-refractivity contribution in [3.8, 4) is 17.2 Å². The molecule has 0 aromatic heterocycles. The van der Waals surface area contributed by atoms with Gasteiger partial charge in [0, 0.05) is 18.4 Å². The third-order valence-electron chi connectivity index (χ3n) is 6.86. The molecule has 0 radical (unpaired) electrons. The first-order valence-electron chi connectivity index (χ1n) is 13.9. The molecule has 34 heavy (non-hydrogen) atoms. The number of carbonyl (C=O) groups is 1. The molecule has 0 saturated carbocycles. The van der Waals surface area contributed by atoms with Crippen LogP contribution in [0.25, 0.3) is 0 Å². The molecule has 0 aliphatic carbocycles. The second-order valence-corrected chi connectivity index (χ2v) is 9.79. The fourth-order valence-corrected chi connectivity index (χ4v) is 4.78. The van der Waals surface area contributed by atoms with Gasteiger partial charge in [0.2, 0.25) is 0 Å². The Kier molecular flexibility index (Phi) is 12.1. The molecule has 186 valence electrons. The van der Waals surface area contributed by atoms with Gasteiger partial charge in [-0.05, 0) is 30.2 Å². The van der Waals surface area contributed by atoms with Gasteiger partial charge in [0.05, 0.1) is 0 Å². The van der Waals surface area contributed by atoms with E-state index >= 15 is 0 Å². The van der Waals surface area contributed by atoms with Crippen LogP contribution in [-0.2, 0) is 11.2 Å². The number of unbranched alkanes of at least 4 members (excludes halogenated alkanes) is 14. The van der Waals surface area contributed by atoms with Gasteiger partial charge in [-0.3, -0.25) is 4.79 Å². The summed E-state index contributed by atoms with van der Waals surface area (Å²) in [6.07, 6.45) is 21.1. The first-order chi connectivity index (χ1) is 16.8. The molecule has 0 bridgehead atoms. The van der Waals surface area contributed by atoms with Crippen molar-refractivity contribution in [2.24, 2.45) is 0 Å². The van der Waals surface area contributed by atoms with Crippen molar-refractivity contribution in [2.45, 2.75) is 116 Å². The van der Waals surface area contributed by atoms with Gasteiger partial charge in [-0.2, -0.15) is 0 Å². The standard InChI is InChI=1S/C31H44O3/c1-2-3-4-5-6-7-8-9-10-11-12-13-14-15-16-24-31(32)34-30-23-19-22-29-27(30)25-26-20-17-18-21-28(26)33-29/h17-23H,2-16,24-25H2,1H3. The quantitative estimate of drug-likeness (QED) is 0.113. The van der Waals surface area contributed by atoms with Crippen LogP contribution in [0.5, 0.6) is 17.2 Å². The maximum Gasteiger partial charge on any atom is 0.311 e. The number of rotatable bonds is 17. The zero-order valence-corrected chi connectivity index (χ0v) is 21.3. The van der Waals surface area contributed by atoms with Crippen LogP contribution >= 0.6 is 0 Å². The van der Waals surface area contributed by atoms with Crippen molar-refractivity contribution in [2.75, 3.05) is 0 Å². The summed E-state index contributed by atoms with van der Waals surface area (Å²) in [4.78, 5) is 12.4. The zero-order chi connectivity index (χ0) is 23.8. The maximum absolute atomic E-state index is 12.4. The molecular formula is C31H44O3. The number of benzene rings is 2. The van der Waals surface area contributed by atoms with Gasteiger partial charge in [-0.15, -0.1) is 0 Å². The van der Waals surface area contributed by atoms with E-state index in [1.54, 1.807) is 0 Å². The molecule has 3 rings (SSSR count). The summed E-state index contributed by atoms with van der Waals surface area (Å²) < 4.78 is 11.7. The first-order valence-corrected chi connectivity index (χ1v) is 13.9. The Balaban J connectivity index is 1.21. The lowest BCUT2D eigenvalue weighted by atomic mass is 9.99. The summed E-state index contributed by atoms with van der Waals surface area (Å²) in [5, 5.41) is 0. The normalized spacial score (nSPS) is 12.0. The number of esters is 1. The highest BCUT2D eigenvalue weighted by molar-refractivity contribution is 5.73. The van der Waals surface area contributed by atoms with Gasteiger partial charge >= 0.3 is 5.97 Å². The highest BCUT2D eigenvalue weighted by Gasteiger charge is 2.21. The molecule has 3 nitrogen and oxygen atoms in total. The van der Waals surface area contributed by atoms with Crippen molar-refractivity contribution in [3.05, 3.63) is 53.6 Å². The molecule has 2 aromatic rings. The number of para-hydroxylation sites is 1. The summed E-state index contributed by atoms with van der Waals surface area (Å²) in [7, 11) is 0. The lowest BCUT2D eigenvalue weighted by Crippen LogP contribution is -2.11. The van der Waals surface area contributed by atoms with E-state index in [4.69, 9.17) is 9.47 Å². The summed E-state index contributed by atoms with van der Waals surface area (Å²) in [6.45, 7) is 2.28. The third-order valence-corrected chi connectivity index (χ3v) is 6.86. The molecule has 0 amide bonds. The average Bonchev–Trinajstić information content (AvgIpc) is 2.85. The average molecular weight is 465 g/mol. The molecule has 0 atom stereocenters. The van der Waals surface area contributed by atoms with E-state index in [-0.39, 0.29) is 5.97 Å². The third kappa shape index (κ3) is 9.16. The van der Waals surface area contributed by atoms with Gasteiger partial charge in [-0.25, -0.2) is 0 Å². The topological polar surface area (TPSA) is 35.5 Å². The molecule has 1 aliphatic heterocycles. The van der Waals surface area contributed by atoms with E-state index in [2.05, 4.69) is 13.0 Å². The van der Waals surface area contributed by atoms with Gasteiger partial charge in [0.15, 0.2) is 0 Å². The van der Waals surface area contributed by atoms with Crippen LogP contribution in [0.3, 0.4) is 0 Å². The highest BCUT2D eigenvalue weighted by atomic mass is 16.5. The van der Waals surface area contributed by atoms with Crippen molar-refractivity contribution < 1.29 is 14.3 Å². The van der Waals surface area contributed by atoms with Gasteiger partial charge < -0.3 is 9.47 Å². The highest BCUT2D eigenvalue weighted by Crippen LogP contribution is 2.40. The molecule has 0 fully saturated rings. The van der Waals surface area contributed by atoms with Crippen molar-refractivity contribution in [1.82, 2.24) is 0 Å². The lowest BCUT2D eigenvalue weighted by Gasteiger charge is -2.22. The second kappa shape index (κ2) is 15.6. The van der Waals surface area contributed by atoms with Crippen LogP contribution in [-0.4, -0.2) is 5.97 Å². The molecule has 0 saturated heterocycles. The van der Waals surface area contributed by atoms with Gasteiger partial charge in [0.25, 0.3) is 0 Å². The Morgan fingerprint density at radius 1 is 0.706 bits per heavy atom. The summed E-state index contributed by atoms with van der Waals surface area (Å²) in [6, 6.07) is 13.7. The minimum absolute atomic E-state index is 0.137. The van der Waals surface area contributed by atoms with Gasteiger partial charge in [0.1, 0.15) is 17.2 Å². The largest absolute Gasteiger partial charge is 0.457 e. The van der Waals surface area contributed by atoms with Crippen molar-refractivity contribution in [1.29, 1.82) is 0 Å². The summed E-state index contributed by atoms with van der Waals surface area (Å²) in [5.41, 5.74) is 2.09. The Morgan fingerprint density at radius 2 is 1.26 bits per heavy atom. The monoisotopic (exact) mass is 464 g/mol. The SMILES string of the molecule is CCCCCCCCCCCCCCCCCC(=O)Oc1cccc2c1Cc1ccccc1O2. The molecule has 0 spiro atoms. The number of hydrogen-bond acceptors (Lipinski definition) is 3. The second-order valence-electron chi connectivity index (χ2n) is 9.79. The molecule has 1 heterocycles. The Bertz CT molecular complexity index is 858. The minimum atomic E-state index is -0.137. The molecule has 2 aromatic carbocycles. The zero-order valence-electron chi connectivity index (χ0n) is 21.3. The van der Waals surface area contributed by atoms with E-state index in [1.807, 2.05) is 36.4 Å². The van der Waals surface area contributed by atoms with Crippen molar-refractivity contribution >= 4 is 5.97 Å². The van der Waals surface area contributed by atoms with Crippen LogP contribution in [0.15, 0.2) is 42.5 Å². The maximum atomic E-state index is 12.4. The van der Waals surface area contributed by atoms with E-state index in [0.717, 1.165) is 41.9 Å². The van der Waals surface area contributed by atoms with Crippen LogP contribution in [0, 0.1) is 0 Å². The fourth-order valence-electron chi connectivity index (χ4n) is 4.78. The minimum Gasteiger partial charge on any atom is -0.457 e. The summed E-state index contributed by atoms with van der Waals surface area (Å²) in [5.74, 6) is 2.17. The molecule has 0 unspecified atom stereocenters. The molecular weight excluding hydrogens is 420 g/mol. The number of ether oxygens (including phenoxy) is 2. The smallest absolute Gasteiger partial charge is 0.311 e. The van der Waals surface area contributed by atoms with E-state index < -0.39 is 0 Å². The number of fused-ring (bicyclic) bond motifs is 2. The fraction of sp³-hybridized carbons (Fsp3) is 0.581. The van der Waals surface area contributed by atoms with Crippen LogP contribution in [0.1, 0.15) is 121 Å². The predicted molar refractivity (Wildman–Crippen MR) is 141 cm³/mol. The van der Waals surface area contributed by atoms with Crippen LogP contribution < -0.4 is 9.47 Å². The first kappa shape index (κ1) is 26.3. The van der Waals surface area contributed by atoms with E-state index in [0.29, 0.717) is 12.2 Å². The Morgan fingerprint density at radius 3 is 1.91 bits per heavy atom. The van der Waals surface area contributed by atoms with E-state index in [1.165, 1.54) is 83.5 Å². The predicted octanol–water partition coefficient (Wildman–Crippen LogP) is 9.55. The Hall–Kier alpha value is -2.29. The lowest BCUT2D eigenvalue weighted by molar-refractivity contribution is -0.134. The van der Waals surface area contributed by atoms with Gasteiger partial charge in [-0.1, -0.05) is 121 Å². The number of carbonyl (C=O) groups excluding carboxylic acids is 1. The molecule has 1 aliphatic rings. The van der Waals surface area contributed by atoms with E-state index in [9.17, 15) is 4.79 Å². The molecule has 3 heteroatoms. The summed E-state index contributed by atoms with van der Waals surface area (Å²) >= 11 is 0. The van der Waals surface area contributed by atoms with Crippen LogP contribution in [0.2, 0.25) is 0 Å². The number of hydrogen-bond donors (Lipinski definition) is 0. The molecule has 0 N–H and O–H groups in total. The Labute approximate surface area is 207 Å². The van der Waals surface area contributed by atoms with Crippen molar-refractivity contribution in [3.63, 3.8) is 0 Å². The van der Waals surface area contributed by atoms with Crippen LogP contribution in [0.4, 0.5) is 0 Å².